The van der Waals surface area contributed by atoms with Crippen molar-refractivity contribution in [2.45, 2.75) is 13.3 Å². The highest BCUT2D eigenvalue weighted by Crippen LogP contribution is 2.21. The summed E-state index contributed by atoms with van der Waals surface area (Å²) in [5.74, 6) is 0. The molecule has 0 aromatic heterocycles. The van der Waals surface area contributed by atoms with Crippen molar-refractivity contribution >= 4 is 11.8 Å². The molecule has 0 aliphatic heterocycles. The van der Waals surface area contributed by atoms with Crippen LogP contribution in [0.2, 0.25) is 0 Å². The van der Waals surface area contributed by atoms with Gasteiger partial charge in [0.25, 0.3) is 5.69 Å². The van der Waals surface area contributed by atoms with Gasteiger partial charge < -0.3 is 0 Å². The maximum atomic E-state index is 10.7. The second-order valence-electron chi connectivity index (χ2n) is 3.08. The fourth-order valence-corrected chi connectivity index (χ4v) is 1.21. The Hall–Kier alpha value is -2.15. The van der Waals surface area contributed by atoms with Gasteiger partial charge in [0.15, 0.2) is 0 Å². The standard InChI is InChI=1S/C11H10N2O2/c1-9-5-6-11(13(14)15)10(8-9)4-2-3-7-12/h2,4-6,8H,3H2,1H3. The molecule has 0 saturated carbocycles. The summed E-state index contributed by atoms with van der Waals surface area (Å²) in [5, 5.41) is 19.0. The highest BCUT2D eigenvalue weighted by molar-refractivity contribution is 5.61. The molecule has 1 aromatic rings. The molecule has 0 N–H and O–H groups in total. The number of hydrogen-bond donors (Lipinski definition) is 0. The molecule has 1 rings (SSSR count). The number of benzene rings is 1. The molecule has 76 valence electrons. The SMILES string of the molecule is Cc1ccc([N+](=O)[O-])c(C=CCC#N)c1. The molecule has 15 heavy (non-hydrogen) atoms. The predicted octanol–water partition coefficient (Wildman–Crippen LogP) is 2.83. The molecule has 0 saturated heterocycles. The molecule has 1 aromatic carbocycles. The second-order valence-corrected chi connectivity index (χ2v) is 3.08. The molecule has 0 aliphatic carbocycles. The van der Waals surface area contributed by atoms with Crippen molar-refractivity contribution in [3.8, 4) is 6.07 Å². The molecular formula is C11H10N2O2. The summed E-state index contributed by atoms with van der Waals surface area (Å²) in [4.78, 5) is 10.2. The van der Waals surface area contributed by atoms with Gasteiger partial charge in [-0.05, 0) is 13.0 Å². The number of nitrogens with zero attached hydrogens (tertiary/aromatic N) is 2. The normalized spacial score (nSPS) is 10.1. The molecule has 0 heterocycles. The van der Waals surface area contributed by atoms with E-state index in [2.05, 4.69) is 0 Å². The molecular weight excluding hydrogens is 192 g/mol. The Morgan fingerprint density at radius 3 is 2.93 bits per heavy atom. The van der Waals surface area contributed by atoms with Crippen LogP contribution in [0.4, 0.5) is 5.69 Å². The molecule has 0 aliphatic rings. The first-order chi connectivity index (χ1) is 7.15. The Morgan fingerprint density at radius 2 is 2.33 bits per heavy atom. The van der Waals surface area contributed by atoms with Gasteiger partial charge in [-0.15, -0.1) is 0 Å². The molecule has 0 unspecified atom stereocenters. The van der Waals surface area contributed by atoms with Crippen LogP contribution in [0.1, 0.15) is 17.5 Å². The van der Waals surface area contributed by atoms with E-state index in [0.717, 1.165) is 5.56 Å². The Kier molecular flexibility index (Phi) is 3.58. The van der Waals surface area contributed by atoms with E-state index in [1.807, 2.05) is 13.0 Å². The van der Waals surface area contributed by atoms with Crippen molar-refractivity contribution in [1.82, 2.24) is 0 Å². The molecule has 0 fully saturated rings. The summed E-state index contributed by atoms with van der Waals surface area (Å²) < 4.78 is 0. The Labute approximate surface area is 87.6 Å². The average Bonchev–Trinajstić information content (AvgIpc) is 2.18. The van der Waals surface area contributed by atoms with Crippen LogP contribution in [-0.2, 0) is 0 Å². The maximum Gasteiger partial charge on any atom is 0.276 e. The van der Waals surface area contributed by atoms with Crippen LogP contribution in [0.3, 0.4) is 0 Å². The smallest absolute Gasteiger partial charge is 0.258 e. The summed E-state index contributed by atoms with van der Waals surface area (Å²) in [5.41, 5.74) is 1.56. The molecule has 0 spiro atoms. The van der Waals surface area contributed by atoms with Crippen LogP contribution < -0.4 is 0 Å². The van der Waals surface area contributed by atoms with Crippen LogP contribution >= 0.6 is 0 Å². The van der Waals surface area contributed by atoms with Crippen molar-refractivity contribution in [1.29, 1.82) is 5.26 Å². The third-order valence-electron chi connectivity index (χ3n) is 1.89. The number of hydrogen-bond acceptors (Lipinski definition) is 3. The lowest BCUT2D eigenvalue weighted by Crippen LogP contribution is -1.91. The number of allylic oxidation sites excluding steroid dienone is 1. The summed E-state index contributed by atoms with van der Waals surface area (Å²) >= 11 is 0. The van der Waals surface area contributed by atoms with Gasteiger partial charge >= 0.3 is 0 Å². The lowest BCUT2D eigenvalue weighted by molar-refractivity contribution is -0.385. The topological polar surface area (TPSA) is 66.9 Å². The van der Waals surface area contributed by atoms with Crippen LogP contribution in [0, 0.1) is 28.4 Å². The summed E-state index contributed by atoms with van der Waals surface area (Å²) in [6, 6.07) is 6.84. The van der Waals surface area contributed by atoms with E-state index in [1.165, 1.54) is 6.07 Å². The van der Waals surface area contributed by atoms with E-state index in [4.69, 9.17) is 5.26 Å². The van der Waals surface area contributed by atoms with Crippen molar-refractivity contribution in [3.05, 3.63) is 45.5 Å². The van der Waals surface area contributed by atoms with Gasteiger partial charge in [-0.1, -0.05) is 23.8 Å². The predicted molar refractivity (Wildman–Crippen MR) is 57.1 cm³/mol. The Balaban J connectivity index is 3.08. The van der Waals surface area contributed by atoms with E-state index in [9.17, 15) is 10.1 Å². The molecule has 4 nitrogen and oxygen atoms in total. The van der Waals surface area contributed by atoms with Gasteiger partial charge in [-0.3, -0.25) is 10.1 Å². The third-order valence-corrected chi connectivity index (χ3v) is 1.89. The zero-order valence-corrected chi connectivity index (χ0v) is 8.30. The van der Waals surface area contributed by atoms with E-state index < -0.39 is 4.92 Å². The van der Waals surface area contributed by atoms with Crippen LogP contribution in [0.25, 0.3) is 6.08 Å². The number of nitro benzene ring substituents is 1. The third kappa shape index (κ3) is 2.92. The highest BCUT2D eigenvalue weighted by Gasteiger charge is 2.10. The number of rotatable bonds is 3. The maximum absolute atomic E-state index is 10.7. The zero-order chi connectivity index (χ0) is 11.3. The minimum atomic E-state index is -0.425. The number of nitriles is 1. The van der Waals surface area contributed by atoms with E-state index >= 15 is 0 Å². The summed E-state index contributed by atoms with van der Waals surface area (Å²) in [7, 11) is 0. The first-order valence-corrected chi connectivity index (χ1v) is 4.43. The van der Waals surface area contributed by atoms with Gasteiger partial charge in [-0.2, -0.15) is 5.26 Å². The van der Waals surface area contributed by atoms with Crippen LogP contribution in [0.5, 0.6) is 0 Å². The van der Waals surface area contributed by atoms with Crippen LogP contribution in [0.15, 0.2) is 24.3 Å². The monoisotopic (exact) mass is 202 g/mol. The quantitative estimate of drug-likeness (QED) is 0.559. The van der Waals surface area contributed by atoms with Crippen molar-refractivity contribution < 1.29 is 4.92 Å². The fourth-order valence-electron chi connectivity index (χ4n) is 1.21. The van der Waals surface area contributed by atoms with Crippen LogP contribution in [-0.4, -0.2) is 4.92 Å². The van der Waals surface area contributed by atoms with Gasteiger partial charge in [-0.25, -0.2) is 0 Å². The summed E-state index contributed by atoms with van der Waals surface area (Å²) in [6.45, 7) is 1.87. The minimum Gasteiger partial charge on any atom is -0.258 e. The fraction of sp³-hybridized carbons (Fsp3) is 0.182. The summed E-state index contributed by atoms with van der Waals surface area (Å²) in [6.07, 6.45) is 3.47. The van der Waals surface area contributed by atoms with E-state index in [1.54, 1.807) is 24.3 Å². The molecule has 0 radical (unpaired) electrons. The Morgan fingerprint density at radius 1 is 1.60 bits per heavy atom. The van der Waals surface area contributed by atoms with Crippen molar-refractivity contribution in [3.63, 3.8) is 0 Å². The molecule has 0 amide bonds. The van der Waals surface area contributed by atoms with Crippen molar-refractivity contribution in [2.24, 2.45) is 0 Å². The zero-order valence-electron chi connectivity index (χ0n) is 8.30. The van der Waals surface area contributed by atoms with Gasteiger partial charge in [0.2, 0.25) is 0 Å². The van der Waals surface area contributed by atoms with Gasteiger partial charge in [0, 0.05) is 6.07 Å². The van der Waals surface area contributed by atoms with E-state index in [-0.39, 0.29) is 12.1 Å². The second kappa shape index (κ2) is 4.91. The first kappa shape index (κ1) is 10.9. The largest absolute Gasteiger partial charge is 0.276 e. The number of aryl methyl sites for hydroxylation is 1. The van der Waals surface area contributed by atoms with Crippen molar-refractivity contribution in [2.75, 3.05) is 0 Å². The average molecular weight is 202 g/mol. The van der Waals surface area contributed by atoms with E-state index in [0.29, 0.717) is 5.56 Å². The molecule has 0 bridgehead atoms. The minimum absolute atomic E-state index is 0.0646. The lowest BCUT2D eigenvalue weighted by Gasteiger charge is -1.98. The first-order valence-electron chi connectivity index (χ1n) is 4.43. The molecule has 0 atom stereocenters. The highest BCUT2D eigenvalue weighted by atomic mass is 16.6. The van der Waals surface area contributed by atoms with Gasteiger partial charge in [0.05, 0.1) is 23.0 Å². The lowest BCUT2D eigenvalue weighted by atomic mass is 10.1. The molecule has 4 heteroatoms. The van der Waals surface area contributed by atoms with Gasteiger partial charge in [0.1, 0.15) is 0 Å². The Bertz CT molecular complexity index is 444. The number of nitro groups is 1.